The standard InChI is InChI=1S/C17H14F2N2O4S/c1-9-3-10(2)5-12(4-9)21-15(8-25-17(21)22)11-6-13(18)16(14(19)7-11)26(20,23)24/h3-8H,1-2H3,(H2,20,23,24). The zero-order valence-corrected chi connectivity index (χ0v) is 14.6. The summed E-state index contributed by atoms with van der Waals surface area (Å²) < 4.78 is 56.9. The molecule has 0 aliphatic heterocycles. The predicted octanol–water partition coefficient (Wildman–Crippen LogP) is 2.64. The first-order valence-electron chi connectivity index (χ1n) is 7.39. The molecule has 0 spiro atoms. The molecule has 1 aromatic heterocycles. The molecule has 2 N–H and O–H groups in total. The van der Waals surface area contributed by atoms with E-state index in [1.165, 1.54) is 0 Å². The molecule has 0 fully saturated rings. The maximum absolute atomic E-state index is 14.1. The van der Waals surface area contributed by atoms with Gasteiger partial charge in [0, 0.05) is 5.56 Å². The Bertz CT molecular complexity index is 1140. The van der Waals surface area contributed by atoms with Crippen LogP contribution in [-0.2, 0) is 10.0 Å². The molecule has 136 valence electrons. The molecule has 0 radical (unpaired) electrons. The topological polar surface area (TPSA) is 95.3 Å². The zero-order valence-electron chi connectivity index (χ0n) is 13.8. The van der Waals surface area contributed by atoms with Crippen LogP contribution in [0, 0.1) is 25.5 Å². The van der Waals surface area contributed by atoms with Gasteiger partial charge in [-0.3, -0.25) is 0 Å². The van der Waals surface area contributed by atoms with E-state index in [1.54, 1.807) is 12.1 Å². The average Bonchev–Trinajstić information content (AvgIpc) is 2.85. The molecule has 9 heteroatoms. The van der Waals surface area contributed by atoms with E-state index in [4.69, 9.17) is 9.56 Å². The summed E-state index contributed by atoms with van der Waals surface area (Å²) in [6, 6.07) is 6.88. The molecular formula is C17H14F2N2O4S. The SMILES string of the molecule is Cc1cc(C)cc(-n2c(-c3cc(F)c(S(N)(=O)=O)c(F)c3)coc2=O)c1. The van der Waals surface area contributed by atoms with Crippen molar-refractivity contribution in [3.63, 3.8) is 0 Å². The quantitative estimate of drug-likeness (QED) is 0.756. The second kappa shape index (κ2) is 6.19. The van der Waals surface area contributed by atoms with Gasteiger partial charge < -0.3 is 4.42 Å². The summed E-state index contributed by atoms with van der Waals surface area (Å²) in [5.41, 5.74) is 2.20. The molecule has 6 nitrogen and oxygen atoms in total. The fraction of sp³-hybridized carbons (Fsp3) is 0.118. The molecule has 0 aliphatic rings. The number of aryl methyl sites for hydroxylation is 2. The average molecular weight is 380 g/mol. The Kier molecular flexibility index (Phi) is 4.29. The van der Waals surface area contributed by atoms with Gasteiger partial charge in [-0.1, -0.05) is 6.07 Å². The number of nitrogens with two attached hydrogens (primary N) is 1. The minimum Gasteiger partial charge on any atom is -0.415 e. The van der Waals surface area contributed by atoms with Crippen molar-refractivity contribution < 1.29 is 21.6 Å². The van der Waals surface area contributed by atoms with Crippen molar-refractivity contribution in [2.75, 3.05) is 0 Å². The lowest BCUT2D eigenvalue weighted by Gasteiger charge is -2.10. The summed E-state index contributed by atoms with van der Waals surface area (Å²) in [7, 11) is -4.57. The van der Waals surface area contributed by atoms with Crippen molar-refractivity contribution in [2.45, 2.75) is 18.7 Å². The number of rotatable bonds is 3. The number of primary sulfonamides is 1. The fourth-order valence-corrected chi connectivity index (χ4v) is 3.47. The van der Waals surface area contributed by atoms with E-state index in [-0.39, 0.29) is 11.3 Å². The Morgan fingerprint density at radius 3 is 2.04 bits per heavy atom. The summed E-state index contributed by atoms with van der Waals surface area (Å²) in [5, 5.41) is 4.82. The molecule has 0 unspecified atom stereocenters. The van der Waals surface area contributed by atoms with E-state index in [0.29, 0.717) is 5.69 Å². The summed E-state index contributed by atoms with van der Waals surface area (Å²) in [4.78, 5) is 10.9. The van der Waals surface area contributed by atoms with Crippen molar-refractivity contribution in [3.8, 4) is 16.9 Å². The van der Waals surface area contributed by atoms with Gasteiger partial charge in [0.15, 0.2) is 4.90 Å². The van der Waals surface area contributed by atoms with Gasteiger partial charge in [0.1, 0.15) is 17.9 Å². The fourth-order valence-electron chi connectivity index (χ4n) is 2.81. The highest BCUT2D eigenvalue weighted by atomic mass is 32.2. The third kappa shape index (κ3) is 3.18. The van der Waals surface area contributed by atoms with Crippen LogP contribution in [0.2, 0.25) is 0 Å². The van der Waals surface area contributed by atoms with Gasteiger partial charge in [-0.15, -0.1) is 0 Å². The highest BCUT2D eigenvalue weighted by Gasteiger charge is 2.23. The molecule has 26 heavy (non-hydrogen) atoms. The van der Waals surface area contributed by atoms with Gasteiger partial charge in [0.2, 0.25) is 10.0 Å². The van der Waals surface area contributed by atoms with E-state index < -0.39 is 32.3 Å². The van der Waals surface area contributed by atoms with Gasteiger partial charge in [-0.05, 0) is 49.2 Å². The van der Waals surface area contributed by atoms with Crippen LogP contribution in [-0.4, -0.2) is 13.0 Å². The summed E-state index contributed by atoms with van der Waals surface area (Å²) in [6.07, 6.45) is 1.05. The third-order valence-electron chi connectivity index (χ3n) is 3.74. The molecule has 0 amide bonds. The summed E-state index contributed by atoms with van der Waals surface area (Å²) in [5.74, 6) is -3.47. The molecule has 0 atom stereocenters. The lowest BCUT2D eigenvalue weighted by molar-refractivity contribution is 0.504. The van der Waals surface area contributed by atoms with Gasteiger partial charge in [-0.2, -0.15) is 0 Å². The number of sulfonamides is 1. The molecule has 2 aromatic carbocycles. The third-order valence-corrected chi connectivity index (χ3v) is 4.70. The van der Waals surface area contributed by atoms with Crippen molar-refractivity contribution in [1.82, 2.24) is 4.57 Å². The first kappa shape index (κ1) is 18.0. The molecule has 3 rings (SSSR count). The van der Waals surface area contributed by atoms with Crippen molar-refractivity contribution in [1.29, 1.82) is 0 Å². The van der Waals surface area contributed by atoms with E-state index >= 15 is 0 Å². The second-order valence-corrected chi connectivity index (χ2v) is 7.38. The van der Waals surface area contributed by atoms with Crippen molar-refractivity contribution >= 4 is 10.0 Å². The normalized spacial score (nSPS) is 11.7. The number of aromatic nitrogens is 1. The van der Waals surface area contributed by atoms with E-state index in [1.807, 2.05) is 19.9 Å². The van der Waals surface area contributed by atoms with Crippen molar-refractivity contribution in [3.05, 3.63) is 69.9 Å². The Morgan fingerprint density at radius 1 is 1.00 bits per heavy atom. The number of hydrogen-bond acceptors (Lipinski definition) is 4. The largest absolute Gasteiger partial charge is 0.424 e. The van der Waals surface area contributed by atoms with Crippen LogP contribution in [0.5, 0.6) is 0 Å². The Balaban J connectivity index is 2.26. The van der Waals surface area contributed by atoms with Gasteiger partial charge in [0.05, 0.1) is 11.4 Å². The maximum atomic E-state index is 14.1. The number of hydrogen-bond donors (Lipinski definition) is 1. The minimum absolute atomic E-state index is 0.0683. The molecular weight excluding hydrogens is 366 g/mol. The van der Waals surface area contributed by atoms with Crippen LogP contribution >= 0.6 is 0 Å². The molecule has 0 saturated heterocycles. The maximum Gasteiger partial charge on any atom is 0.424 e. The highest BCUT2D eigenvalue weighted by molar-refractivity contribution is 7.89. The monoisotopic (exact) mass is 380 g/mol. The number of oxazole rings is 1. The van der Waals surface area contributed by atoms with Crippen LogP contribution in [0.25, 0.3) is 16.9 Å². The zero-order chi connectivity index (χ0) is 19.2. The Labute approximate surface area is 147 Å². The molecule has 0 saturated carbocycles. The highest BCUT2D eigenvalue weighted by Crippen LogP contribution is 2.28. The number of halogens is 2. The molecule has 0 bridgehead atoms. The van der Waals surface area contributed by atoms with Crippen LogP contribution in [0.4, 0.5) is 8.78 Å². The minimum atomic E-state index is -4.57. The molecule has 1 heterocycles. The van der Waals surface area contributed by atoms with Crippen molar-refractivity contribution in [2.24, 2.45) is 5.14 Å². The number of benzene rings is 2. The summed E-state index contributed by atoms with van der Waals surface area (Å²) >= 11 is 0. The van der Waals surface area contributed by atoms with E-state index in [0.717, 1.165) is 34.1 Å². The lowest BCUT2D eigenvalue weighted by Crippen LogP contribution is -2.17. The first-order chi connectivity index (χ1) is 12.1. The van der Waals surface area contributed by atoms with Gasteiger partial charge in [0.25, 0.3) is 0 Å². The summed E-state index contributed by atoms with van der Waals surface area (Å²) in [6.45, 7) is 3.67. The van der Waals surface area contributed by atoms with Gasteiger partial charge in [-0.25, -0.2) is 31.7 Å². The van der Waals surface area contributed by atoms with Crippen LogP contribution in [0.3, 0.4) is 0 Å². The van der Waals surface area contributed by atoms with Crippen LogP contribution < -0.4 is 10.9 Å². The molecule has 3 aromatic rings. The van der Waals surface area contributed by atoms with Crippen LogP contribution in [0.15, 0.2) is 50.7 Å². The smallest absolute Gasteiger partial charge is 0.415 e. The second-order valence-electron chi connectivity index (χ2n) is 5.88. The van der Waals surface area contributed by atoms with Gasteiger partial charge >= 0.3 is 5.76 Å². The van der Waals surface area contributed by atoms with E-state index in [9.17, 15) is 22.0 Å². The number of nitrogens with zero attached hydrogens (tertiary/aromatic N) is 1. The van der Waals surface area contributed by atoms with Crippen LogP contribution in [0.1, 0.15) is 11.1 Å². The van der Waals surface area contributed by atoms with E-state index in [2.05, 4.69) is 0 Å². The first-order valence-corrected chi connectivity index (χ1v) is 8.94. The predicted molar refractivity (Wildman–Crippen MR) is 90.5 cm³/mol. The molecule has 0 aliphatic carbocycles. The Hall–Kier alpha value is -2.78. The Morgan fingerprint density at radius 2 is 1.54 bits per heavy atom. The lowest BCUT2D eigenvalue weighted by atomic mass is 10.1.